The summed E-state index contributed by atoms with van der Waals surface area (Å²) in [6.07, 6.45) is 5.21. The zero-order chi connectivity index (χ0) is 16.2. The van der Waals surface area contributed by atoms with Crippen LogP contribution in [-0.4, -0.2) is 39.8 Å². The molecule has 23 heavy (non-hydrogen) atoms. The average Bonchev–Trinajstić information content (AvgIpc) is 3.03. The Morgan fingerprint density at radius 1 is 1.43 bits per heavy atom. The fourth-order valence-corrected chi connectivity index (χ4v) is 3.59. The van der Waals surface area contributed by atoms with Crippen LogP contribution in [0.5, 0.6) is 0 Å². The smallest absolute Gasteiger partial charge is 0.255 e. The van der Waals surface area contributed by atoms with Gasteiger partial charge in [0.2, 0.25) is 5.91 Å². The van der Waals surface area contributed by atoms with Gasteiger partial charge in [-0.3, -0.25) is 14.6 Å². The molecule has 0 aromatic carbocycles. The number of hydrogen-bond acceptors (Lipinski definition) is 5. The van der Waals surface area contributed by atoms with Gasteiger partial charge >= 0.3 is 0 Å². The van der Waals surface area contributed by atoms with Gasteiger partial charge in [0.05, 0.1) is 11.3 Å². The monoisotopic (exact) mass is 330 g/mol. The number of carbonyl (C=O) groups excluding carboxylic acids is 2. The van der Waals surface area contributed by atoms with E-state index in [1.54, 1.807) is 24.5 Å². The molecule has 1 aliphatic rings. The predicted octanol–water partition coefficient (Wildman–Crippen LogP) is 2.52. The van der Waals surface area contributed by atoms with Gasteiger partial charge in [-0.2, -0.15) is 0 Å². The predicted molar refractivity (Wildman–Crippen MR) is 88.5 cm³/mol. The van der Waals surface area contributed by atoms with E-state index in [0.717, 1.165) is 25.1 Å². The van der Waals surface area contributed by atoms with Crippen LogP contribution in [0, 0.1) is 0 Å². The van der Waals surface area contributed by atoms with E-state index in [0.29, 0.717) is 17.2 Å². The first-order valence-corrected chi connectivity index (χ1v) is 8.44. The molecular formula is C16H18N4O2S. The van der Waals surface area contributed by atoms with Crippen molar-refractivity contribution in [2.75, 3.05) is 18.4 Å². The third-order valence-corrected chi connectivity index (χ3v) is 4.62. The largest absolute Gasteiger partial charge is 0.338 e. The second kappa shape index (κ2) is 6.87. The molecule has 0 bridgehead atoms. The van der Waals surface area contributed by atoms with E-state index in [4.69, 9.17) is 0 Å². The van der Waals surface area contributed by atoms with E-state index in [1.165, 1.54) is 18.3 Å². The van der Waals surface area contributed by atoms with Crippen LogP contribution in [0.2, 0.25) is 0 Å². The summed E-state index contributed by atoms with van der Waals surface area (Å²) in [5, 5.41) is 5.28. The Morgan fingerprint density at radius 3 is 3.04 bits per heavy atom. The Morgan fingerprint density at radius 2 is 2.30 bits per heavy atom. The van der Waals surface area contributed by atoms with Crippen molar-refractivity contribution in [3.63, 3.8) is 0 Å². The molecule has 1 atom stereocenters. The van der Waals surface area contributed by atoms with Gasteiger partial charge < -0.3 is 10.2 Å². The Hall–Kier alpha value is -2.28. The van der Waals surface area contributed by atoms with Crippen LogP contribution in [0.15, 0.2) is 29.9 Å². The molecule has 6 nitrogen and oxygen atoms in total. The van der Waals surface area contributed by atoms with Crippen LogP contribution in [-0.2, 0) is 4.79 Å². The van der Waals surface area contributed by atoms with Gasteiger partial charge in [-0.1, -0.05) is 0 Å². The molecule has 2 amide bonds. The minimum atomic E-state index is -0.122. The molecule has 0 saturated carbocycles. The molecule has 1 aliphatic heterocycles. The maximum Gasteiger partial charge on any atom is 0.255 e. The summed E-state index contributed by atoms with van der Waals surface area (Å²) in [7, 11) is 0. The standard InChI is InChI=1S/C16H18N4O2S/c1-11(21)18-16-19-14(10-23-16)13-5-3-7-20(9-13)15(22)12-4-2-6-17-8-12/h2,4,6,8,10,13H,3,5,7,9H2,1H3,(H,18,19,21)/t13-/m1/s1. The number of amides is 2. The lowest BCUT2D eigenvalue weighted by Crippen LogP contribution is -2.39. The highest BCUT2D eigenvalue weighted by Gasteiger charge is 2.27. The Balaban J connectivity index is 1.69. The van der Waals surface area contributed by atoms with Crippen LogP contribution in [0.25, 0.3) is 0 Å². The van der Waals surface area contributed by atoms with E-state index in [1.807, 2.05) is 10.3 Å². The van der Waals surface area contributed by atoms with Crippen molar-refractivity contribution < 1.29 is 9.59 Å². The highest BCUT2D eigenvalue weighted by molar-refractivity contribution is 7.13. The third-order valence-electron chi connectivity index (χ3n) is 3.84. The summed E-state index contributed by atoms with van der Waals surface area (Å²) in [5.41, 5.74) is 1.56. The van der Waals surface area contributed by atoms with Crippen LogP contribution < -0.4 is 5.32 Å². The SMILES string of the molecule is CC(=O)Nc1nc([C@@H]2CCCN(C(=O)c3cccnc3)C2)cs1. The number of nitrogens with one attached hydrogen (secondary N) is 1. The molecule has 3 heterocycles. The molecule has 0 aliphatic carbocycles. The minimum Gasteiger partial charge on any atom is -0.338 e. The van der Waals surface area contributed by atoms with E-state index < -0.39 is 0 Å². The zero-order valence-corrected chi connectivity index (χ0v) is 13.7. The number of anilines is 1. The fourth-order valence-electron chi connectivity index (χ4n) is 2.76. The number of likely N-dealkylation sites (tertiary alicyclic amines) is 1. The van der Waals surface area contributed by atoms with E-state index in [2.05, 4.69) is 15.3 Å². The topological polar surface area (TPSA) is 75.2 Å². The molecule has 1 saturated heterocycles. The number of aromatic nitrogens is 2. The summed E-state index contributed by atoms with van der Waals surface area (Å²) in [4.78, 5) is 34.0. The minimum absolute atomic E-state index is 0.0140. The van der Waals surface area contributed by atoms with E-state index in [9.17, 15) is 9.59 Å². The average molecular weight is 330 g/mol. The molecule has 0 spiro atoms. The second-order valence-electron chi connectivity index (χ2n) is 5.59. The highest BCUT2D eigenvalue weighted by Crippen LogP contribution is 2.30. The van der Waals surface area contributed by atoms with Gasteiger partial charge in [0, 0.05) is 43.7 Å². The maximum absolute atomic E-state index is 12.5. The molecular weight excluding hydrogens is 312 g/mol. The van der Waals surface area contributed by atoms with Gasteiger partial charge in [-0.05, 0) is 25.0 Å². The van der Waals surface area contributed by atoms with Gasteiger partial charge in [-0.25, -0.2) is 4.98 Å². The lowest BCUT2D eigenvalue weighted by atomic mass is 9.95. The molecule has 2 aromatic rings. The molecule has 0 unspecified atom stereocenters. The number of carbonyl (C=O) groups is 2. The number of rotatable bonds is 3. The van der Waals surface area contributed by atoms with Crippen LogP contribution in [0.1, 0.15) is 41.7 Å². The Labute approximate surface area is 138 Å². The van der Waals surface area contributed by atoms with Gasteiger partial charge in [0.1, 0.15) is 0 Å². The summed E-state index contributed by atoms with van der Waals surface area (Å²) >= 11 is 1.42. The summed E-state index contributed by atoms with van der Waals surface area (Å²) in [6, 6.07) is 3.56. The molecule has 120 valence electrons. The lowest BCUT2D eigenvalue weighted by molar-refractivity contribution is -0.114. The van der Waals surface area contributed by atoms with Gasteiger partial charge in [0.25, 0.3) is 5.91 Å². The lowest BCUT2D eigenvalue weighted by Gasteiger charge is -2.32. The van der Waals surface area contributed by atoms with Crippen LogP contribution in [0.4, 0.5) is 5.13 Å². The molecule has 7 heteroatoms. The van der Waals surface area contributed by atoms with E-state index in [-0.39, 0.29) is 17.7 Å². The summed E-state index contributed by atoms with van der Waals surface area (Å²) in [5.74, 6) is 0.103. The first-order valence-electron chi connectivity index (χ1n) is 7.56. The van der Waals surface area contributed by atoms with Crippen molar-refractivity contribution in [3.8, 4) is 0 Å². The first kappa shape index (κ1) is 15.6. The number of thiazole rings is 1. The highest BCUT2D eigenvalue weighted by atomic mass is 32.1. The van der Waals surface area contributed by atoms with Crippen molar-refractivity contribution in [1.82, 2.24) is 14.9 Å². The molecule has 1 fully saturated rings. The fraction of sp³-hybridized carbons (Fsp3) is 0.375. The zero-order valence-electron chi connectivity index (χ0n) is 12.9. The number of nitrogens with zero attached hydrogens (tertiary/aromatic N) is 3. The molecule has 2 aromatic heterocycles. The second-order valence-corrected chi connectivity index (χ2v) is 6.45. The van der Waals surface area contributed by atoms with Crippen molar-refractivity contribution in [1.29, 1.82) is 0 Å². The van der Waals surface area contributed by atoms with Gasteiger partial charge in [-0.15, -0.1) is 11.3 Å². The first-order chi connectivity index (χ1) is 11.1. The third kappa shape index (κ3) is 3.73. The Kier molecular flexibility index (Phi) is 4.66. The number of hydrogen-bond donors (Lipinski definition) is 1. The van der Waals surface area contributed by atoms with Crippen molar-refractivity contribution in [2.24, 2.45) is 0 Å². The maximum atomic E-state index is 12.5. The van der Waals surface area contributed by atoms with Crippen molar-refractivity contribution in [2.45, 2.75) is 25.7 Å². The normalized spacial score (nSPS) is 17.8. The summed E-state index contributed by atoms with van der Waals surface area (Å²) in [6.45, 7) is 2.87. The van der Waals surface area contributed by atoms with Crippen LogP contribution in [0.3, 0.4) is 0 Å². The molecule has 0 radical (unpaired) electrons. The quantitative estimate of drug-likeness (QED) is 0.938. The van der Waals surface area contributed by atoms with Crippen molar-refractivity contribution >= 4 is 28.3 Å². The number of piperidine rings is 1. The van der Waals surface area contributed by atoms with Crippen LogP contribution >= 0.6 is 11.3 Å². The number of pyridine rings is 1. The molecule has 3 rings (SSSR count). The van der Waals surface area contributed by atoms with Gasteiger partial charge in [0.15, 0.2) is 5.13 Å². The molecule has 1 N–H and O–H groups in total. The van der Waals surface area contributed by atoms with Crippen molar-refractivity contribution in [3.05, 3.63) is 41.2 Å². The summed E-state index contributed by atoms with van der Waals surface area (Å²) < 4.78 is 0. The Bertz CT molecular complexity index is 701. The van der Waals surface area contributed by atoms with E-state index >= 15 is 0 Å².